The fourth-order valence-electron chi connectivity index (χ4n) is 1.03. The van der Waals surface area contributed by atoms with Gasteiger partial charge >= 0.3 is 5.97 Å². The number of carboxylic acids is 1. The molecule has 0 aromatic carbocycles. The van der Waals surface area contributed by atoms with Crippen LogP contribution in [0.5, 0.6) is 0 Å². The summed E-state index contributed by atoms with van der Waals surface area (Å²) in [4.78, 5) is 12.6. The molecule has 0 aromatic heterocycles. The smallest absolute Gasteiger partial charge is 0.332 e. The Morgan fingerprint density at radius 2 is 1.92 bits per heavy atom. The van der Waals surface area contributed by atoms with Crippen molar-refractivity contribution in [3.63, 3.8) is 0 Å². The molecule has 0 aromatic rings. The Morgan fingerprint density at radius 3 is 2.00 bits per heavy atom. The third kappa shape index (κ3) is 3.01. The van der Waals surface area contributed by atoms with Gasteiger partial charge in [0.1, 0.15) is 0 Å². The van der Waals surface area contributed by atoms with Gasteiger partial charge in [0, 0.05) is 11.1 Å². The lowest BCUT2D eigenvalue weighted by Gasteiger charge is -2.35. The molecule has 4 heteroatoms. The molecule has 0 spiro atoms. The molecule has 1 N–H and O–H groups in total. The number of rotatable bonds is 4. The first kappa shape index (κ1) is 15.0. The number of hydrogen-bond acceptors (Lipinski definition) is 2. The molecule has 0 radical (unpaired) electrons. The molecule has 0 aliphatic rings. The maximum absolute atomic E-state index is 10.7. The number of carbonyl (C=O) groups is 1. The van der Waals surface area contributed by atoms with E-state index in [0.717, 1.165) is 6.42 Å². The Balaban J connectivity index is 0. The second kappa shape index (κ2) is 5.25. The van der Waals surface area contributed by atoms with Crippen LogP contribution >= 0.6 is 12.4 Å². The van der Waals surface area contributed by atoms with Crippen LogP contribution in [0.15, 0.2) is 12.2 Å². The van der Waals surface area contributed by atoms with Gasteiger partial charge in [0.05, 0.1) is 0 Å². The first-order valence-corrected chi connectivity index (χ1v) is 3.96. The first-order valence-electron chi connectivity index (χ1n) is 3.96. The number of aliphatic carboxylic acids is 1. The second-order valence-corrected chi connectivity index (χ2v) is 3.31. The lowest BCUT2D eigenvalue weighted by Crippen LogP contribution is -2.44. The molecule has 0 saturated heterocycles. The van der Waals surface area contributed by atoms with E-state index in [1.54, 1.807) is 0 Å². The summed E-state index contributed by atoms with van der Waals surface area (Å²) in [6.45, 7) is 7.41. The van der Waals surface area contributed by atoms with Gasteiger partial charge in [0.25, 0.3) is 0 Å². The summed E-state index contributed by atoms with van der Waals surface area (Å²) in [6, 6.07) is 0. The Labute approximate surface area is 85.8 Å². The van der Waals surface area contributed by atoms with Gasteiger partial charge in [-0.2, -0.15) is 0 Å². The SMILES string of the molecule is C=C(C(=O)O)C(C)(CC)N(C)C.Cl. The van der Waals surface area contributed by atoms with Gasteiger partial charge in [-0.1, -0.05) is 13.5 Å². The normalized spacial score (nSPS) is 14.5. The third-order valence-electron chi connectivity index (χ3n) is 2.58. The molecule has 0 amide bonds. The Kier molecular flexibility index (Phi) is 6.04. The second-order valence-electron chi connectivity index (χ2n) is 3.31. The highest BCUT2D eigenvalue weighted by atomic mass is 35.5. The van der Waals surface area contributed by atoms with Crippen molar-refractivity contribution in [2.24, 2.45) is 0 Å². The zero-order valence-electron chi connectivity index (χ0n) is 8.63. The molecule has 0 rings (SSSR count). The van der Waals surface area contributed by atoms with Crippen LogP contribution in [0.1, 0.15) is 20.3 Å². The van der Waals surface area contributed by atoms with Crippen molar-refractivity contribution < 1.29 is 9.90 Å². The molecule has 0 heterocycles. The van der Waals surface area contributed by atoms with Crippen molar-refractivity contribution in [1.82, 2.24) is 4.90 Å². The molecule has 0 fully saturated rings. The molecule has 0 aliphatic carbocycles. The molecule has 13 heavy (non-hydrogen) atoms. The molecular weight excluding hydrogens is 190 g/mol. The maximum atomic E-state index is 10.7. The molecule has 0 saturated carbocycles. The fourth-order valence-corrected chi connectivity index (χ4v) is 1.03. The number of nitrogens with zero attached hydrogens (tertiary/aromatic N) is 1. The quantitative estimate of drug-likeness (QED) is 0.715. The van der Waals surface area contributed by atoms with Crippen LogP contribution in [0, 0.1) is 0 Å². The van der Waals surface area contributed by atoms with Crippen LogP contribution in [-0.4, -0.2) is 35.6 Å². The van der Waals surface area contributed by atoms with E-state index in [1.807, 2.05) is 32.8 Å². The molecule has 0 aliphatic heterocycles. The van der Waals surface area contributed by atoms with Crippen LogP contribution in [0.3, 0.4) is 0 Å². The monoisotopic (exact) mass is 207 g/mol. The summed E-state index contributed by atoms with van der Waals surface area (Å²) in [5.41, 5.74) is -0.193. The van der Waals surface area contributed by atoms with Crippen LogP contribution in [0.4, 0.5) is 0 Å². The fraction of sp³-hybridized carbons (Fsp3) is 0.667. The van der Waals surface area contributed by atoms with E-state index < -0.39 is 11.5 Å². The highest BCUT2D eigenvalue weighted by Crippen LogP contribution is 2.24. The number of likely N-dealkylation sites (N-methyl/N-ethyl adjacent to an activating group) is 1. The number of hydrogen-bond donors (Lipinski definition) is 1. The summed E-state index contributed by atoms with van der Waals surface area (Å²) in [5, 5.41) is 8.77. The van der Waals surface area contributed by atoms with Gasteiger partial charge in [0.15, 0.2) is 0 Å². The zero-order chi connectivity index (χ0) is 9.94. The van der Waals surface area contributed by atoms with Gasteiger partial charge < -0.3 is 5.11 Å². The highest BCUT2D eigenvalue weighted by molar-refractivity contribution is 5.88. The summed E-state index contributed by atoms with van der Waals surface area (Å²) < 4.78 is 0. The largest absolute Gasteiger partial charge is 0.478 e. The average molecular weight is 208 g/mol. The van der Waals surface area contributed by atoms with Gasteiger partial charge in [-0.05, 0) is 27.4 Å². The Morgan fingerprint density at radius 1 is 1.54 bits per heavy atom. The molecule has 3 nitrogen and oxygen atoms in total. The van der Waals surface area contributed by atoms with Crippen LogP contribution in [0.2, 0.25) is 0 Å². The molecule has 0 bridgehead atoms. The minimum atomic E-state index is -0.923. The van der Waals surface area contributed by atoms with Crippen molar-refractivity contribution in [2.75, 3.05) is 14.1 Å². The minimum absolute atomic E-state index is 0. The van der Waals surface area contributed by atoms with E-state index in [-0.39, 0.29) is 18.0 Å². The number of halogens is 1. The standard InChI is InChI=1S/C9H17NO2.ClH/c1-6-9(3,10(4)5)7(2)8(11)12;/h2,6H2,1,3-5H3,(H,11,12);1H. The lowest BCUT2D eigenvalue weighted by molar-refractivity contribution is -0.134. The maximum Gasteiger partial charge on any atom is 0.332 e. The van der Waals surface area contributed by atoms with Crippen molar-refractivity contribution in [3.05, 3.63) is 12.2 Å². The lowest BCUT2D eigenvalue weighted by atomic mass is 9.89. The summed E-state index contributed by atoms with van der Waals surface area (Å²) in [5.74, 6) is -0.923. The summed E-state index contributed by atoms with van der Waals surface area (Å²) in [6.07, 6.45) is 0.741. The first-order chi connectivity index (χ1) is 5.36. The van der Waals surface area contributed by atoms with E-state index in [9.17, 15) is 4.79 Å². The van der Waals surface area contributed by atoms with E-state index in [1.165, 1.54) is 0 Å². The average Bonchev–Trinajstić information content (AvgIpc) is 2.01. The van der Waals surface area contributed by atoms with E-state index in [2.05, 4.69) is 6.58 Å². The molecule has 1 unspecified atom stereocenters. The summed E-state index contributed by atoms with van der Waals surface area (Å²) in [7, 11) is 3.72. The minimum Gasteiger partial charge on any atom is -0.478 e. The Bertz CT molecular complexity index is 204. The predicted molar refractivity (Wildman–Crippen MR) is 56.4 cm³/mol. The van der Waals surface area contributed by atoms with E-state index >= 15 is 0 Å². The van der Waals surface area contributed by atoms with Gasteiger partial charge in [0.2, 0.25) is 0 Å². The predicted octanol–water partition coefficient (Wildman–Crippen LogP) is 1.78. The number of carboxylic acid groups (broad SMARTS) is 1. The van der Waals surface area contributed by atoms with E-state index in [0.29, 0.717) is 0 Å². The summed E-state index contributed by atoms with van der Waals surface area (Å²) >= 11 is 0. The Hall–Kier alpha value is -0.540. The van der Waals surface area contributed by atoms with Crippen molar-refractivity contribution in [3.8, 4) is 0 Å². The molecular formula is C9H18ClNO2. The van der Waals surface area contributed by atoms with E-state index in [4.69, 9.17) is 5.11 Å². The van der Waals surface area contributed by atoms with Crippen LogP contribution < -0.4 is 0 Å². The van der Waals surface area contributed by atoms with Gasteiger partial charge in [-0.15, -0.1) is 12.4 Å². The van der Waals surface area contributed by atoms with Crippen LogP contribution in [-0.2, 0) is 4.79 Å². The zero-order valence-corrected chi connectivity index (χ0v) is 9.44. The topological polar surface area (TPSA) is 40.5 Å². The molecule has 1 atom stereocenters. The van der Waals surface area contributed by atoms with Gasteiger partial charge in [-0.3, -0.25) is 4.90 Å². The molecule has 78 valence electrons. The van der Waals surface area contributed by atoms with Crippen molar-refractivity contribution >= 4 is 18.4 Å². The van der Waals surface area contributed by atoms with Crippen molar-refractivity contribution in [1.29, 1.82) is 0 Å². The van der Waals surface area contributed by atoms with Crippen molar-refractivity contribution in [2.45, 2.75) is 25.8 Å². The highest BCUT2D eigenvalue weighted by Gasteiger charge is 2.31. The van der Waals surface area contributed by atoms with Gasteiger partial charge in [-0.25, -0.2) is 4.79 Å². The third-order valence-corrected chi connectivity index (χ3v) is 2.58. The van der Waals surface area contributed by atoms with Crippen LogP contribution in [0.25, 0.3) is 0 Å².